The molecular formula is C26H19N3O4. The number of anilines is 1. The SMILES string of the molecule is N#Cc1ccc(OC(=O)C23CCC(=O)N2c2ccccc2C(=O)N3Cc2ccccc2)cc1. The van der Waals surface area contributed by atoms with Crippen molar-refractivity contribution < 1.29 is 19.1 Å². The van der Waals surface area contributed by atoms with E-state index in [0.29, 0.717) is 16.8 Å². The minimum atomic E-state index is -1.60. The first kappa shape index (κ1) is 20.5. The van der Waals surface area contributed by atoms with Gasteiger partial charge in [-0.15, -0.1) is 0 Å². The first-order chi connectivity index (χ1) is 16.0. The summed E-state index contributed by atoms with van der Waals surface area (Å²) in [6, 6.07) is 24.3. The van der Waals surface area contributed by atoms with Crippen LogP contribution < -0.4 is 9.64 Å². The molecule has 1 fully saturated rings. The number of ether oxygens (including phenoxy) is 1. The van der Waals surface area contributed by atoms with Crippen molar-refractivity contribution >= 4 is 23.5 Å². The molecule has 7 heteroatoms. The molecule has 1 atom stereocenters. The van der Waals surface area contributed by atoms with Crippen LogP contribution >= 0.6 is 0 Å². The van der Waals surface area contributed by atoms with Gasteiger partial charge in [-0.3, -0.25) is 14.5 Å². The van der Waals surface area contributed by atoms with E-state index < -0.39 is 11.6 Å². The average Bonchev–Trinajstić information content (AvgIpc) is 3.21. The van der Waals surface area contributed by atoms with Gasteiger partial charge in [-0.05, 0) is 42.0 Å². The molecule has 0 aromatic heterocycles. The standard InChI is InChI=1S/C26H19N3O4/c27-16-18-10-12-20(13-11-18)33-25(32)26-15-14-23(30)29(26)22-9-5-4-8-21(22)24(31)28(26)17-19-6-2-1-3-7-19/h1-13H,14-15,17H2. The van der Waals surface area contributed by atoms with Crippen LogP contribution in [0.25, 0.3) is 0 Å². The number of para-hydroxylation sites is 1. The molecule has 3 aromatic carbocycles. The van der Waals surface area contributed by atoms with Crippen LogP contribution in [-0.2, 0) is 16.1 Å². The molecule has 1 unspecified atom stereocenters. The Hall–Kier alpha value is -4.44. The molecule has 0 saturated carbocycles. The van der Waals surface area contributed by atoms with Crippen molar-refractivity contribution in [1.82, 2.24) is 4.90 Å². The molecule has 0 aliphatic carbocycles. The molecule has 5 rings (SSSR count). The average molecular weight is 437 g/mol. The van der Waals surface area contributed by atoms with Crippen molar-refractivity contribution in [2.75, 3.05) is 4.90 Å². The highest BCUT2D eigenvalue weighted by atomic mass is 16.5. The van der Waals surface area contributed by atoms with E-state index >= 15 is 0 Å². The lowest BCUT2D eigenvalue weighted by molar-refractivity contribution is -0.148. The Morgan fingerprint density at radius 1 is 0.970 bits per heavy atom. The number of fused-ring (bicyclic) bond motifs is 3. The zero-order chi connectivity index (χ0) is 23.0. The van der Waals surface area contributed by atoms with Crippen molar-refractivity contribution in [2.24, 2.45) is 0 Å². The Kier molecular flexibility index (Phi) is 4.91. The Morgan fingerprint density at radius 2 is 1.67 bits per heavy atom. The maximum atomic E-state index is 13.8. The van der Waals surface area contributed by atoms with Crippen LogP contribution in [0.1, 0.15) is 34.3 Å². The summed E-state index contributed by atoms with van der Waals surface area (Å²) in [6.07, 6.45) is 0.225. The number of rotatable bonds is 4. The molecular weight excluding hydrogens is 418 g/mol. The van der Waals surface area contributed by atoms with Crippen LogP contribution in [0.5, 0.6) is 5.75 Å². The predicted octanol–water partition coefficient (Wildman–Crippen LogP) is 3.64. The van der Waals surface area contributed by atoms with E-state index in [-0.39, 0.29) is 37.0 Å². The Morgan fingerprint density at radius 3 is 2.39 bits per heavy atom. The monoisotopic (exact) mass is 437 g/mol. The molecule has 2 heterocycles. The van der Waals surface area contributed by atoms with Crippen LogP contribution in [0, 0.1) is 11.3 Å². The van der Waals surface area contributed by atoms with Gasteiger partial charge in [-0.2, -0.15) is 5.26 Å². The third-order valence-corrected chi connectivity index (χ3v) is 6.08. The minimum absolute atomic E-state index is 0.107. The largest absolute Gasteiger partial charge is 0.423 e. The number of benzene rings is 3. The topological polar surface area (TPSA) is 90.7 Å². The first-order valence-electron chi connectivity index (χ1n) is 10.5. The van der Waals surface area contributed by atoms with Gasteiger partial charge in [0.25, 0.3) is 5.91 Å². The number of nitriles is 1. The predicted molar refractivity (Wildman–Crippen MR) is 119 cm³/mol. The van der Waals surface area contributed by atoms with E-state index in [1.807, 2.05) is 36.4 Å². The van der Waals surface area contributed by atoms with Gasteiger partial charge in [0.1, 0.15) is 5.75 Å². The number of hydrogen-bond acceptors (Lipinski definition) is 5. The van der Waals surface area contributed by atoms with Crippen LogP contribution in [0.15, 0.2) is 78.9 Å². The minimum Gasteiger partial charge on any atom is -0.423 e. The third kappa shape index (κ3) is 3.24. The summed E-state index contributed by atoms with van der Waals surface area (Å²) in [5.41, 5.74) is 0.427. The number of carbonyl (C=O) groups excluding carboxylic acids is 3. The zero-order valence-corrected chi connectivity index (χ0v) is 17.6. The van der Waals surface area contributed by atoms with Crippen molar-refractivity contribution in [3.8, 4) is 11.8 Å². The summed E-state index contributed by atoms with van der Waals surface area (Å²) in [5, 5.41) is 9.02. The van der Waals surface area contributed by atoms with E-state index in [2.05, 4.69) is 0 Å². The highest BCUT2D eigenvalue weighted by Crippen LogP contribution is 2.45. The van der Waals surface area contributed by atoms with Crippen molar-refractivity contribution in [3.05, 3.63) is 95.6 Å². The van der Waals surface area contributed by atoms with Crippen LogP contribution in [0.3, 0.4) is 0 Å². The molecule has 2 aliphatic heterocycles. The molecule has 3 aromatic rings. The number of nitrogens with zero attached hydrogens (tertiary/aromatic N) is 3. The molecule has 2 amide bonds. The molecule has 2 aliphatic rings. The van der Waals surface area contributed by atoms with Crippen molar-refractivity contribution in [2.45, 2.75) is 25.0 Å². The van der Waals surface area contributed by atoms with Gasteiger partial charge in [0.15, 0.2) is 0 Å². The maximum Gasteiger partial charge on any atom is 0.359 e. The van der Waals surface area contributed by atoms with Crippen LogP contribution in [0.4, 0.5) is 5.69 Å². The summed E-state index contributed by atoms with van der Waals surface area (Å²) in [6.45, 7) is 0.139. The van der Waals surface area contributed by atoms with Gasteiger partial charge in [-0.1, -0.05) is 42.5 Å². The second-order valence-corrected chi connectivity index (χ2v) is 7.97. The molecule has 7 nitrogen and oxygen atoms in total. The zero-order valence-electron chi connectivity index (χ0n) is 17.6. The van der Waals surface area contributed by atoms with E-state index in [1.54, 1.807) is 36.4 Å². The maximum absolute atomic E-state index is 13.8. The van der Waals surface area contributed by atoms with Gasteiger partial charge in [0, 0.05) is 19.4 Å². The summed E-state index contributed by atoms with van der Waals surface area (Å²) in [4.78, 5) is 43.3. The van der Waals surface area contributed by atoms with Gasteiger partial charge < -0.3 is 9.64 Å². The normalized spacial score (nSPS) is 19.0. The van der Waals surface area contributed by atoms with Gasteiger partial charge in [0.05, 0.1) is 22.9 Å². The van der Waals surface area contributed by atoms with E-state index in [9.17, 15) is 14.4 Å². The van der Waals surface area contributed by atoms with Crippen LogP contribution in [0.2, 0.25) is 0 Å². The van der Waals surface area contributed by atoms with Gasteiger partial charge in [0.2, 0.25) is 11.6 Å². The quantitative estimate of drug-likeness (QED) is 0.459. The molecule has 0 bridgehead atoms. The smallest absolute Gasteiger partial charge is 0.359 e. The fourth-order valence-corrected chi connectivity index (χ4v) is 4.52. The first-order valence-corrected chi connectivity index (χ1v) is 10.5. The highest BCUT2D eigenvalue weighted by Gasteiger charge is 2.62. The summed E-state index contributed by atoms with van der Waals surface area (Å²) >= 11 is 0. The molecule has 33 heavy (non-hydrogen) atoms. The number of carbonyl (C=O) groups is 3. The fraction of sp³-hybridized carbons (Fsp3) is 0.154. The number of hydrogen-bond donors (Lipinski definition) is 0. The second-order valence-electron chi connectivity index (χ2n) is 7.97. The lowest BCUT2D eigenvalue weighted by Gasteiger charge is -2.48. The Balaban J connectivity index is 1.62. The molecule has 0 radical (unpaired) electrons. The van der Waals surface area contributed by atoms with E-state index in [0.717, 1.165) is 5.56 Å². The van der Waals surface area contributed by atoms with Gasteiger partial charge in [-0.25, -0.2) is 4.79 Å². The summed E-state index contributed by atoms with van der Waals surface area (Å²) in [7, 11) is 0. The number of esters is 1. The van der Waals surface area contributed by atoms with Crippen LogP contribution in [-0.4, -0.2) is 28.3 Å². The molecule has 0 spiro atoms. The Labute approximate surface area is 190 Å². The van der Waals surface area contributed by atoms with Crippen molar-refractivity contribution in [1.29, 1.82) is 5.26 Å². The molecule has 1 saturated heterocycles. The number of amides is 2. The molecule has 0 N–H and O–H groups in total. The van der Waals surface area contributed by atoms with Crippen molar-refractivity contribution in [3.63, 3.8) is 0 Å². The lowest BCUT2D eigenvalue weighted by atomic mass is 9.95. The van der Waals surface area contributed by atoms with E-state index in [4.69, 9.17) is 10.00 Å². The third-order valence-electron chi connectivity index (χ3n) is 6.08. The fourth-order valence-electron chi connectivity index (χ4n) is 4.52. The van der Waals surface area contributed by atoms with E-state index in [1.165, 1.54) is 21.9 Å². The lowest BCUT2D eigenvalue weighted by Crippen LogP contribution is -2.68. The molecule has 162 valence electrons. The van der Waals surface area contributed by atoms with Gasteiger partial charge >= 0.3 is 5.97 Å². The second kappa shape index (κ2) is 7.92. The summed E-state index contributed by atoms with van der Waals surface area (Å²) in [5.74, 6) is -1.06. The Bertz CT molecular complexity index is 1300. The summed E-state index contributed by atoms with van der Waals surface area (Å²) < 4.78 is 5.70. The highest BCUT2D eigenvalue weighted by molar-refractivity contribution is 6.15.